The number of nitrogens with zero attached hydrogens (tertiary/aromatic N) is 1. The molecule has 0 spiro atoms. The van der Waals surface area contributed by atoms with Crippen LogP contribution >= 0.6 is 0 Å². The summed E-state index contributed by atoms with van der Waals surface area (Å²) >= 11 is 0. The molecular formula is C12H18N2O3. The van der Waals surface area contributed by atoms with E-state index in [-0.39, 0.29) is 18.2 Å². The lowest BCUT2D eigenvalue weighted by atomic mass is 10.2. The number of carbonyl (C=O) groups is 1. The fraction of sp³-hybridized carbons (Fsp3) is 0.500. The summed E-state index contributed by atoms with van der Waals surface area (Å²) in [5, 5.41) is 0. The molecule has 17 heavy (non-hydrogen) atoms. The molecule has 2 N–H and O–H groups in total. The zero-order valence-corrected chi connectivity index (χ0v) is 10.2. The van der Waals surface area contributed by atoms with Crippen molar-refractivity contribution in [3.63, 3.8) is 0 Å². The minimum atomic E-state index is -0.411. The van der Waals surface area contributed by atoms with Gasteiger partial charge in [0.2, 0.25) is 0 Å². The Bertz CT molecular complexity index is 436. The first-order chi connectivity index (χ1) is 8.06. The highest BCUT2D eigenvalue weighted by Crippen LogP contribution is 2.04. The number of aromatic nitrogens is 1. The fourth-order valence-electron chi connectivity index (χ4n) is 1.49. The van der Waals surface area contributed by atoms with Crippen molar-refractivity contribution < 1.29 is 9.53 Å². The number of rotatable bonds is 5. The average Bonchev–Trinajstić information content (AvgIpc) is 2.31. The maximum atomic E-state index is 11.6. The van der Waals surface area contributed by atoms with Crippen LogP contribution < -0.4 is 11.3 Å². The predicted octanol–water partition coefficient (Wildman–Crippen LogP) is 1.16. The molecule has 0 amide bonds. The molecule has 0 fully saturated rings. The van der Waals surface area contributed by atoms with Crippen molar-refractivity contribution in [2.45, 2.75) is 39.3 Å². The predicted molar refractivity (Wildman–Crippen MR) is 65.6 cm³/mol. The van der Waals surface area contributed by atoms with Crippen LogP contribution in [0.15, 0.2) is 23.1 Å². The van der Waals surface area contributed by atoms with Gasteiger partial charge in [-0.05, 0) is 18.9 Å². The van der Waals surface area contributed by atoms with Crippen molar-refractivity contribution in [1.82, 2.24) is 4.57 Å². The summed E-state index contributed by atoms with van der Waals surface area (Å²) in [5.41, 5.74) is 5.73. The lowest BCUT2D eigenvalue weighted by Crippen LogP contribution is -2.27. The summed E-state index contributed by atoms with van der Waals surface area (Å²) in [7, 11) is 0. The van der Waals surface area contributed by atoms with Crippen molar-refractivity contribution in [1.29, 1.82) is 0 Å². The number of nitrogen functional groups attached to an aromatic ring is 1. The molecule has 0 saturated heterocycles. The largest absolute Gasteiger partial charge is 0.461 e. The summed E-state index contributed by atoms with van der Waals surface area (Å²) in [6.45, 7) is 3.81. The van der Waals surface area contributed by atoms with Gasteiger partial charge < -0.3 is 15.0 Å². The number of hydrogen-bond acceptors (Lipinski definition) is 4. The molecular weight excluding hydrogens is 220 g/mol. The zero-order valence-electron chi connectivity index (χ0n) is 10.2. The van der Waals surface area contributed by atoms with Gasteiger partial charge in [-0.25, -0.2) is 0 Å². The molecule has 0 saturated carbocycles. The zero-order chi connectivity index (χ0) is 12.8. The molecule has 1 aromatic rings. The summed E-state index contributed by atoms with van der Waals surface area (Å²) in [4.78, 5) is 23.0. The Kier molecular flexibility index (Phi) is 4.75. The van der Waals surface area contributed by atoms with E-state index < -0.39 is 5.97 Å². The third-order valence-corrected chi connectivity index (χ3v) is 2.51. The van der Waals surface area contributed by atoms with Crippen LogP contribution in [0.4, 0.5) is 5.69 Å². The maximum absolute atomic E-state index is 11.6. The molecule has 0 atom stereocenters. The van der Waals surface area contributed by atoms with Crippen molar-refractivity contribution >= 4 is 11.7 Å². The molecule has 0 aliphatic heterocycles. The lowest BCUT2D eigenvalue weighted by molar-refractivity contribution is -0.150. The van der Waals surface area contributed by atoms with Crippen molar-refractivity contribution in [3.05, 3.63) is 28.7 Å². The Morgan fingerprint density at radius 3 is 2.65 bits per heavy atom. The molecule has 0 radical (unpaired) electrons. The molecule has 1 aromatic heterocycles. The minimum absolute atomic E-state index is 0.0840. The van der Waals surface area contributed by atoms with Crippen LogP contribution in [0.1, 0.15) is 26.7 Å². The topological polar surface area (TPSA) is 74.3 Å². The number of pyridine rings is 1. The van der Waals surface area contributed by atoms with Gasteiger partial charge in [0.25, 0.3) is 5.56 Å². The van der Waals surface area contributed by atoms with Crippen molar-refractivity contribution in [2.75, 3.05) is 5.73 Å². The normalized spacial score (nSPS) is 10.5. The highest BCUT2D eigenvalue weighted by atomic mass is 16.5. The fourth-order valence-corrected chi connectivity index (χ4v) is 1.49. The Morgan fingerprint density at radius 1 is 1.41 bits per heavy atom. The number of anilines is 1. The second-order valence-corrected chi connectivity index (χ2v) is 3.86. The average molecular weight is 238 g/mol. The SMILES string of the molecule is CCC(CC)OC(=O)Cn1cc(N)ccc1=O. The Labute approximate surface area is 100 Å². The summed E-state index contributed by atoms with van der Waals surface area (Å²) in [6.07, 6.45) is 2.90. The van der Waals surface area contributed by atoms with E-state index in [2.05, 4.69) is 0 Å². The van der Waals surface area contributed by atoms with E-state index >= 15 is 0 Å². The van der Waals surface area contributed by atoms with Crippen LogP contribution in [-0.4, -0.2) is 16.6 Å². The molecule has 5 nitrogen and oxygen atoms in total. The first-order valence-electron chi connectivity index (χ1n) is 5.72. The molecule has 0 aliphatic carbocycles. The van der Waals surface area contributed by atoms with E-state index in [0.717, 1.165) is 12.8 Å². The molecule has 1 heterocycles. The Morgan fingerprint density at radius 2 is 2.06 bits per heavy atom. The monoisotopic (exact) mass is 238 g/mol. The summed E-state index contributed by atoms with van der Waals surface area (Å²) in [6, 6.07) is 2.84. The highest BCUT2D eigenvalue weighted by molar-refractivity contribution is 5.69. The quantitative estimate of drug-likeness (QED) is 0.781. The van der Waals surface area contributed by atoms with Crippen molar-refractivity contribution in [2.24, 2.45) is 0 Å². The van der Waals surface area contributed by atoms with Gasteiger partial charge in [0.15, 0.2) is 0 Å². The first-order valence-corrected chi connectivity index (χ1v) is 5.72. The summed E-state index contributed by atoms with van der Waals surface area (Å²) in [5.74, 6) is -0.411. The van der Waals surface area contributed by atoms with Gasteiger partial charge in [-0.15, -0.1) is 0 Å². The van der Waals surface area contributed by atoms with Gasteiger partial charge in [-0.3, -0.25) is 9.59 Å². The van der Waals surface area contributed by atoms with Gasteiger partial charge in [0, 0.05) is 18.0 Å². The highest BCUT2D eigenvalue weighted by Gasteiger charge is 2.11. The van der Waals surface area contributed by atoms with Gasteiger partial charge in [-0.2, -0.15) is 0 Å². The van der Waals surface area contributed by atoms with E-state index in [9.17, 15) is 9.59 Å². The minimum Gasteiger partial charge on any atom is -0.461 e. The Balaban J connectivity index is 2.68. The third-order valence-electron chi connectivity index (χ3n) is 2.51. The number of ether oxygens (including phenoxy) is 1. The van der Waals surface area contributed by atoms with Crippen LogP contribution in [-0.2, 0) is 16.1 Å². The van der Waals surface area contributed by atoms with Gasteiger partial charge in [0.1, 0.15) is 12.6 Å². The van der Waals surface area contributed by atoms with Gasteiger partial charge in [-0.1, -0.05) is 13.8 Å². The van der Waals surface area contributed by atoms with Crippen LogP contribution in [0.3, 0.4) is 0 Å². The first kappa shape index (κ1) is 13.3. The van der Waals surface area contributed by atoms with E-state index in [1.54, 1.807) is 0 Å². The summed E-state index contributed by atoms with van der Waals surface area (Å²) < 4.78 is 6.46. The lowest BCUT2D eigenvalue weighted by Gasteiger charge is -2.14. The van der Waals surface area contributed by atoms with Crippen molar-refractivity contribution in [3.8, 4) is 0 Å². The number of hydrogen-bond donors (Lipinski definition) is 1. The number of nitrogens with two attached hydrogens (primary N) is 1. The van der Waals surface area contributed by atoms with Gasteiger partial charge in [0.05, 0.1) is 0 Å². The maximum Gasteiger partial charge on any atom is 0.326 e. The standard InChI is InChI=1S/C12H18N2O3/c1-3-10(4-2)17-12(16)8-14-7-9(13)5-6-11(14)15/h5-7,10H,3-4,8,13H2,1-2H3. The van der Waals surface area contributed by atoms with E-state index in [0.29, 0.717) is 5.69 Å². The third kappa shape index (κ3) is 3.94. The molecule has 0 unspecified atom stereocenters. The van der Waals surface area contributed by atoms with E-state index in [1.807, 2.05) is 13.8 Å². The van der Waals surface area contributed by atoms with E-state index in [4.69, 9.17) is 10.5 Å². The van der Waals surface area contributed by atoms with E-state index in [1.165, 1.54) is 22.9 Å². The van der Waals surface area contributed by atoms with Crippen LogP contribution in [0.2, 0.25) is 0 Å². The number of esters is 1. The molecule has 1 rings (SSSR count). The molecule has 0 bridgehead atoms. The van der Waals surface area contributed by atoms with Gasteiger partial charge >= 0.3 is 5.97 Å². The number of carbonyl (C=O) groups excluding carboxylic acids is 1. The second kappa shape index (κ2) is 6.08. The van der Waals surface area contributed by atoms with Crippen LogP contribution in [0, 0.1) is 0 Å². The van der Waals surface area contributed by atoms with Crippen LogP contribution in [0.25, 0.3) is 0 Å². The molecule has 94 valence electrons. The Hall–Kier alpha value is -1.78. The second-order valence-electron chi connectivity index (χ2n) is 3.86. The molecule has 5 heteroatoms. The molecule has 0 aromatic carbocycles. The molecule has 0 aliphatic rings. The van der Waals surface area contributed by atoms with Crippen LogP contribution in [0.5, 0.6) is 0 Å². The smallest absolute Gasteiger partial charge is 0.326 e.